The van der Waals surface area contributed by atoms with Gasteiger partial charge in [-0.3, -0.25) is 10.1 Å². The lowest BCUT2D eigenvalue weighted by atomic mass is 10.1. The minimum absolute atomic E-state index is 0.0462. The number of nitrogens with one attached hydrogen (secondary N) is 1. The lowest BCUT2D eigenvalue weighted by molar-refractivity contribution is -0.386. The zero-order valence-corrected chi connectivity index (χ0v) is 10.5. The summed E-state index contributed by atoms with van der Waals surface area (Å²) in [5.74, 6) is -0.403. The van der Waals surface area contributed by atoms with E-state index in [1.54, 1.807) is 12.1 Å². The summed E-state index contributed by atoms with van der Waals surface area (Å²) in [7, 11) is 0. The molecule has 106 valence electrons. The molecule has 20 heavy (non-hydrogen) atoms. The maximum Gasteiger partial charge on any atom is 0.327 e. The number of halogens is 1. The summed E-state index contributed by atoms with van der Waals surface area (Å²) >= 11 is 0. The van der Waals surface area contributed by atoms with Crippen LogP contribution in [0.5, 0.6) is 0 Å². The van der Waals surface area contributed by atoms with E-state index in [4.69, 9.17) is 9.52 Å². The third kappa shape index (κ3) is 2.94. The second kappa shape index (κ2) is 6.16. The maximum atomic E-state index is 13.5. The van der Waals surface area contributed by atoms with Crippen LogP contribution in [0.25, 0.3) is 0 Å². The third-order valence-electron chi connectivity index (χ3n) is 2.80. The Morgan fingerprint density at radius 3 is 2.80 bits per heavy atom. The Hall–Kier alpha value is -2.41. The van der Waals surface area contributed by atoms with E-state index in [-0.39, 0.29) is 18.7 Å². The number of nitro benzene ring substituents is 1. The molecule has 2 N–H and O–H groups in total. The molecule has 0 aliphatic heterocycles. The number of furan rings is 1. The van der Waals surface area contributed by atoms with E-state index < -0.39 is 22.5 Å². The number of nitro groups is 1. The highest BCUT2D eigenvalue weighted by molar-refractivity contribution is 5.62. The fourth-order valence-corrected chi connectivity index (χ4v) is 1.91. The van der Waals surface area contributed by atoms with Gasteiger partial charge in [-0.15, -0.1) is 0 Å². The van der Waals surface area contributed by atoms with Crippen molar-refractivity contribution in [2.24, 2.45) is 0 Å². The Bertz CT molecular complexity index is 586. The van der Waals surface area contributed by atoms with E-state index >= 15 is 0 Å². The molecule has 2 rings (SSSR count). The van der Waals surface area contributed by atoms with Gasteiger partial charge in [-0.05, 0) is 30.7 Å². The van der Waals surface area contributed by atoms with Crippen molar-refractivity contribution >= 4 is 11.4 Å². The Labute approximate surface area is 114 Å². The lowest BCUT2D eigenvalue weighted by Gasteiger charge is -2.16. The van der Waals surface area contributed by atoms with E-state index in [1.165, 1.54) is 18.4 Å². The van der Waals surface area contributed by atoms with Crippen LogP contribution in [-0.4, -0.2) is 16.6 Å². The molecule has 0 radical (unpaired) electrons. The van der Waals surface area contributed by atoms with E-state index in [9.17, 15) is 14.5 Å². The molecule has 1 aromatic heterocycles. The van der Waals surface area contributed by atoms with Crippen LogP contribution in [-0.2, 0) is 0 Å². The summed E-state index contributed by atoms with van der Waals surface area (Å²) < 4.78 is 18.7. The van der Waals surface area contributed by atoms with Gasteiger partial charge in [0.25, 0.3) is 0 Å². The van der Waals surface area contributed by atoms with Crippen molar-refractivity contribution in [3.63, 3.8) is 0 Å². The van der Waals surface area contributed by atoms with Crippen molar-refractivity contribution in [3.05, 3.63) is 58.3 Å². The predicted octanol–water partition coefficient (Wildman–Crippen LogP) is 2.86. The van der Waals surface area contributed by atoms with Crippen molar-refractivity contribution < 1.29 is 18.8 Å². The van der Waals surface area contributed by atoms with Gasteiger partial charge >= 0.3 is 5.69 Å². The third-order valence-corrected chi connectivity index (χ3v) is 2.80. The molecular formula is C13H13FN2O4. The number of benzene rings is 1. The first-order valence-corrected chi connectivity index (χ1v) is 5.97. The fourth-order valence-electron chi connectivity index (χ4n) is 1.91. The molecule has 1 atom stereocenters. The molecule has 0 aliphatic rings. The van der Waals surface area contributed by atoms with E-state index in [1.807, 2.05) is 0 Å². The number of aliphatic hydroxyl groups is 1. The van der Waals surface area contributed by atoms with Gasteiger partial charge in [-0.2, -0.15) is 4.39 Å². The number of rotatable bonds is 6. The van der Waals surface area contributed by atoms with Gasteiger partial charge in [0.1, 0.15) is 11.4 Å². The first-order chi connectivity index (χ1) is 9.63. The molecule has 2 aromatic rings. The monoisotopic (exact) mass is 280 g/mol. The number of aliphatic hydroxyl groups excluding tert-OH is 1. The summed E-state index contributed by atoms with van der Waals surface area (Å²) in [5, 5.41) is 22.8. The summed E-state index contributed by atoms with van der Waals surface area (Å²) in [6.07, 6.45) is 1.74. The van der Waals surface area contributed by atoms with E-state index in [0.29, 0.717) is 5.76 Å². The van der Waals surface area contributed by atoms with Crippen LogP contribution in [0.15, 0.2) is 41.0 Å². The maximum absolute atomic E-state index is 13.5. The van der Waals surface area contributed by atoms with Crippen molar-refractivity contribution in [1.29, 1.82) is 0 Å². The number of hydrogen-bond donors (Lipinski definition) is 2. The second-order valence-corrected chi connectivity index (χ2v) is 4.12. The first kappa shape index (κ1) is 14.0. The molecule has 0 bridgehead atoms. The average molecular weight is 280 g/mol. The quantitative estimate of drug-likeness (QED) is 0.627. The lowest BCUT2D eigenvalue weighted by Crippen LogP contribution is -2.13. The molecule has 1 heterocycles. The van der Waals surface area contributed by atoms with Crippen molar-refractivity contribution in [2.45, 2.75) is 12.5 Å². The Balaban J connectivity index is 2.32. The second-order valence-electron chi connectivity index (χ2n) is 4.12. The van der Waals surface area contributed by atoms with Crippen LogP contribution in [0, 0.1) is 15.9 Å². The topological polar surface area (TPSA) is 88.5 Å². The highest BCUT2D eigenvalue weighted by Gasteiger charge is 2.23. The summed E-state index contributed by atoms with van der Waals surface area (Å²) in [4.78, 5) is 10.1. The van der Waals surface area contributed by atoms with Gasteiger partial charge in [-0.25, -0.2) is 0 Å². The highest BCUT2D eigenvalue weighted by Crippen LogP contribution is 2.31. The fraction of sp³-hybridized carbons (Fsp3) is 0.231. The molecule has 0 fully saturated rings. The van der Waals surface area contributed by atoms with Crippen LogP contribution in [0.1, 0.15) is 18.2 Å². The normalized spacial score (nSPS) is 12.1. The smallest absolute Gasteiger partial charge is 0.327 e. The standard InChI is InChI=1S/C13H13FN2O4/c14-9-3-1-4-11(13(9)16(18)19)15-10(6-7-17)12-5-2-8-20-12/h1-5,8,10,15,17H,6-7H2. The molecule has 1 aromatic carbocycles. The Morgan fingerprint density at radius 2 is 2.20 bits per heavy atom. The average Bonchev–Trinajstić information content (AvgIpc) is 2.91. The molecule has 0 amide bonds. The molecule has 0 aliphatic carbocycles. The molecule has 7 heteroatoms. The number of para-hydroxylation sites is 1. The van der Waals surface area contributed by atoms with Crippen LogP contribution in [0.4, 0.5) is 15.8 Å². The molecule has 1 unspecified atom stereocenters. The van der Waals surface area contributed by atoms with Gasteiger partial charge in [0.15, 0.2) is 0 Å². The highest BCUT2D eigenvalue weighted by atomic mass is 19.1. The van der Waals surface area contributed by atoms with Crippen molar-refractivity contribution in [1.82, 2.24) is 0 Å². The summed E-state index contributed by atoms with van der Waals surface area (Å²) in [5.41, 5.74) is -0.577. The molecular weight excluding hydrogens is 267 g/mol. The molecule has 6 nitrogen and oxygen atoms in total. The van der Waals surface area contributed by atoms with Gasteiger partial charge in [0.05, 0.1) is 17.2 Å². The van der Waals surface area contributed by atoms with Crippen LogP contribution in [0.2, 0.25) is 0 Å². The van der Waals surface area contributed by atoms with E-state index in [0.717, 1.165) is 6.07 Å². The number of anilines is 1. The number of nitrogens with zero attached hydrogens (tertiary/aromatic N) is 1. The van der Waals surface area contributed by atoms with Crippen molar-refractivity contribution in [2.75, 3.05) is 11.9 Å². The largest absolute Gasteiger partial charge is 0.467 e. The van der Waals surface area contributed by atoms with Gasteiger partial charge in [0, 0.05) is 6.61 Å². The van der Waals surface area contributed by atoms with Crippen LogP contribution < -0.4 is 5.32 Å². The summed E-state index contributed by atoms with van der Waals surface area (Å²) in [6, 6.07) is 6.68. The van der Waals surface area contributed by atoms with Gasteiger partial charge < -0.3 is 14.8 Å². The van der Waals surface area contributed by atoms with Gasteiger partial charge in [0.2, 0.25) is 5.82 Å². The molecule has 0 saturated heterocycles. The number of hydrogen-bond acceptors (Lipinski definition) is 5. The Kier molecular flexibility index (Phi) is 4.31. The van der Waals surface area contributed by atoms with E-state index in [2.05, 4.69) is 5.32 Å². The minimum Gasteiger partial charge on any atom is -0.467 e. The SMILES string of the molecule is O=[N+]([O-])c1c(F)cccc1NC(CCO)c1ccco1. The predicted molar refractivity (Wildman–Crippen MR) is 69.8 cm³/mol. The zero-order valence-electron chi connectivity index (χ0n) is 10.5. The molecule has 0 saturated carbocycles. The van der Waals surface area contributed by atoms with Gasteiger partial charge in [-0.1, -0.05) is 6.07 Å². The van der Waals surface area contributed by atoms with Crippen LogP contribution >= 0.6 is 0 Å². The molecule has 0 spiro atoms. The van der Waals surface area contributed by atoms with Crippen LogP contribution in [0.3, 0.4) is 0 Å². The van der Waals surface area contributed by atoms with Crippen molar-refractivity contribution in [3.8, 4) is 0 Å². The Morgan fingerprint density at radius 1 is 1.40 bits per heavy atom. The first-order valence-electron chi connectivity index (χ1n) is 5.97. The zero-order chi connectivity index (χ0) is 14.5. The summed E-state index contributed by atoms with van der Waals surface area (Å²) in [6.45, 7) is -0.137. The minimum atomic E-state index is -0.915.